The first-order valence-electron chi connectivity index (χ1n) is 6.28. The molecule has 102 valence electrons. The monoisotopic (exact) mass is 269 g/mol. The molecule has 6 heteroatoms. The fraction of sp³-hybridized carbons (Fsp3) is 0.214. The lowest BCUT2D eigenvalue weighted by Crippen LogP contribution is -2.02. The average Bonchev–Trinajstić information content (AvgIpc) is 2.84. The molecule has 0 radical (unpaired) electrons. The van der Waals surface area contributed by atoms with Crippen molar-refractivity contribution < 1.29 is 4.74 Å². The number of benzene rings is 1. The molecule has 0 aliphatic carbocycles. The van der Waals surface area contributed by atoms with Crippen molar-refractivity contribution in [3.05, 3.63) is 41.6 Å². The van der Waals surface area contributed by atoms with Crippen LogP contribution in [0, 0.1) is 13.8 Å². The highest BCUT2D eigenvalue weighted by atomic mass is 16.5. The number of anilines is 2. The zero-order valence-electron chi connectivity index (χ0n) is 11.6. The molecule has 0 amide bonds. The molecule has 0 unspecified atom stereocenters. The van der Waals surface area contributed by atoms with E-state index >= 15 is 0 Å². The summed E-state index contributed by atoms with van der Waals surface area (Å²) in [4.78, 5) is 8.52. The maximum absolute atomic E-state index is 5.05. The van der Waals surface area contributed by atoms with Crippen LogP contribution in [0.15, 0.2) is 30.3 Å². The Kier molecular flexibility index (Phi) is 2.98. The molecule has 0 aliphatic heterocycles. The Morgan fingerprint density at radius 3 is 2.55 bits per heavy atom. The lowest BCUT2D eigenvalue weighted by molar-refractivity contribution is 0.381. The second-order valence-corrected chi connectivity index (χ2v) is 4.58. The lowest BCUT2D eigenvalue weighted by Gasteiger charge is -2.08. The van der Waals surface area contributed by atoms with Gasteiger partial charge < -0.3 is 10.1 Å². The second kappa shape index (κ2) is 4.80. The number of rotatable bonds is 3. The molecular weight excluding hydrogens is 254 g/mol. The van der Waals surface area contributed by atoms with Crippen LogP contribution < -0.4 is 10.1 Å². The predicted octanol–water partition coefficient (Wildman–Crippen LogP) is 2.49. The van der Waals surface area contributed by atoms with Gasteiger partial charge in [0.05, 0.1) is 7.11 Å². The molecule has 2 heterocycles. The minimum absolute atomic E-state index is 0.301. The summed E-state index contributed by atoms with van der Waals surface area (Å²) in [6, 6.07) is 10.4. The van der Waals surface area contributed by atoms with E-state index in [0.29, 0.717) is 11.8 Å². The maximum Gasteiger partial charge on any atom is 0.337 e. The zero-order valence-corrected chi connectivity index (χ0v) is 11.6. The van der Waals surface area contributed by atoms with Crippen molar-refractivity contribution in [3.63, 3.8) is 0 Å². The number of hydrogen-bond acceptors (Lipinski definition) is 5. The number of ether oxygens (including phenoxy) is 1. The Bertz CT molecular complexity index is 748. The van der Waals surface area contributed by atoms with E-state index in [1.54, 1.807) is 4.52 Å². The first-order chi connectivity index (χ1) is 9.65. The number of fused-ring (bicyclic) bond motifs is 1. The van der Waals surface area contributed by atoms with Crippen molar-refractivity contribution in [1.29, 1.82) is 0 Å². The van der Waals surface area contributed by atoms with E-state index in [1.807, 2.05) is 25.1 Å². The summed E-state index contributed by atoms with van der Waals surface area (Å²) in [6.07, 6.45) is 0. The molecule has 6 nitrogen and oxygen atoms in total. The van der Waals surface area contributed by atoms with E-state index in [1.165, 1.54) is 12.7 Å². The predicted molar refractivity (Wildman–Crippen MR) is 76.5 cm³/mol. The first-order valence-corrected chi connectivity index (χ1v) is 6.28. The Hall–Kier alpha value is -2.63. The third kappa shape index (κ3) is 2.27. The van der Waals surface area contributed by atoms with Crippen LogP contribution in [0.3, 0.4) is 0 Å². The fourth-order valence-electron chi connectivity index (χ4n) is 1.93. The summed E-state index contributed by atoms with van der Waals surface area (Å²) in [5, 5.41) is 7.56. The van der Waals surface area contributed by atoms with Crippen LogP contribution in [0.2, 0.25) is 0 Å². The van der Waals surface area contributed by atoms with Crippen LogP contribution in [0.25, 0.3) is 5.78 Å². The van der Waals surface area contributed by atoms with Gasteiger partial charge in [-0.15, -0.1) is 5.10 Å². The van der Waals surface area contributed by atoms with Gasteiger partial charge in [-0.25, -0.2) is 4.98 Å². The number of aromatic nitrogens is 4. The Labute approximate surface area is 116 Å². The maximum atomic E-state index is 5.05. The minimum atomic E-state index is 0.301. The molecule has 0 spiro atoms. The number of nitrogens with one attached hydrogen (secondary N) is 1. The van der Waals surface area contributed by atoms with Gasteiger partial charge in [0.25, 0.3) is 5.78 Å². The lowest BCUT2D eigenvalue weighted by atomic mass is 10.2. The van der Waals surface area contributed by atoms with Crippen molar-refractivity contribution in [2.24, 2.45) is 0 Å². The summed E-state index contributed by atoms with van der Waals surface area (Å²) < 4.78 is 6.68. The van der Waals surface area contributed by atoms with Crippen LogP contribution in [-0.2, 0) is 0 Å². The quantitative estimate of drug-likeness (QED) is 0.791. The van der Waals surface area contributed by atoms with Gasteiger partial charge >= 0.3 is 6.01 Å². The van der Waals surface area contributed by atoms with Gasteiger partial charge in [0.15, 0.2) is 0 Å². The van der Waals surface area contributed by atoms with Gasteiger partial charge in [-0.3, -0.25) is 0 Å². The van der Waals surface area contributed by atoms with Gasteiger partial charge in [-0.1, -0.05) is 17.7 Å². The normalized spacial score (nSPS) is 10.8. The van der Waals surface area contributed by atoms with Gasteiger partial charge in [0, 0.05) is 17.4 Å². The third-order valence-electron chi connectivity index (χ3n) is 2.93. The van der Waals surface area contributed by atoms with Gasteiger partial charge in [-0.2, -0.15) is 9.50 Å². The molecule has 0 saturated carbocycles. The van der Waals surface area contributed by atoms with Crippen LogP contribution in [0.5, 0.6) is 6.01 Å². The third-order valence-corrected chi connectivity index (χ3v) is 2.93. The van der Waals surface area contributed by atoms with Crippen LogP contribution in [-0.4, -0.2) is 26.7 Å². The molecule has 0 bridgehead atoms. The molecule has 1 N–H and O–H groups in total. The van der Waals surface area contributed by atoms with Crippen molar-refractivity contribution in [3.8, 4) is 6.01 Å². The topological polar surface area (TPSA) is 64.3 Å². The molecule has 20 heavy (non-hydrogen) atoms. The largest absolute Gasteiger partial charge is 0.466 e. The number of hydrogen-bond donors (Lipinski definition) is 1. The van der Waals surface area contributed by atoms with E-state index in [-0.39, 0.29) is 0 Å². The van der Waals surface area contributed by atoms with Crippen molar-refractivity contribution >= 4 is 17.3 Å². The van der Waals surface area contributed by atoms with E-state index < -0.39 is 0 Å². The zero-order chi connectivity index (χ0) is 14.1. The van der Waals surface area contributed by atoms with Crippen molar-refractivity contribution in [2.45, 2.75) is 13.8 Å². The second-order valence-electron chi connectivity index (χ2n) is 4.58. The number of methoxy groups -OCH3 is 1. The minimum Gasteiger partial charge on any atom is -0.466 e. The molecular formula is C14H15N5O. The smallest absolute Gasteiger partial charge is 0.337 e. The Morgan fingerprint density at radius 1 is 1.10 bits per heavy atom. The molecule has 1 aromatic carbocycles. The fourth-order valence-corrected chi connectivity index (χ4v) is 1.93. The van der Waals surface area contributed by atoms with E-state index in [4.69, 9.17) is 4.74 Å². The van der Waals surface area contributed by atoms with Crippen molar-refractivity contribution in [1.82, 2.24) is 19.6 Å². The highest BCUT2D eigenvalue weighted by Gasteiger charge is 2.10. The van der Waals surface area contributed by atoms with E-state index in [2.05, 4.69) is 39.4 Å². The van der Waals surface area contributed by atoms with Crippen LogP contribution >= 0.6 is 0 Å². The van der Waals surface area contributed by atoms with Gasteiger partial charge in [0.1, 0.15) is 5.82 Å². The molecule has 0 atom stereocenters. The summed E-state index contributed by atoms with van der Waals surface area (Å²) in [7, 11) is 1.54. The highest BCUT2D eigenvalue weighted by molar-refractivity contribution is 5.59. The van der Waals surface area contributed by atoms with Gasteiger partial charge in [0.2, 0.25) is 0 Å². The van der Waals surface area contributed by atoms with E-state index in [0.717, 1.165) is 17.2 Å². The Balaban J connectivity index is 2.05. The highest BCUT2D eigenvalue weighted by Crippen LogP contribution is 2.19. The van der Waals surface area contributed by atoms with E-state index in [9.17, 15) is 0 Å². The standard InChI is InChI=1S/C14H15N5O/c1-9-4-6-11(7-5-9)16-12-8-10(2)15-13-17-14(20-3)18-19(12)13/h4-8,16H,1-3H3. The summed E-state index contributed by atoms with van der Waals surface area (Å²) in [5.41, 5.74) is 3.06. The van der Waals surface area contributed by atoms with Crippen LogP contribution in [0.4, 0.5) is 11.5 Å². The molecule has 3 aromatic rings. The summed E-state index contributed by atoms with van der Waals surface area (Å²) in [6.45, 7) is 3.97. The average molecular weight is 269 g/mol. The molecule has 0 saturated heterocycles. The Morgan fingerprint density at radius 2 is 1.85 bits per heavy atom. The number of nitrogens with zero attached hydrogens (tertiary/aromatic N) is 4. The summed E-state index contributed by atoms with van der Waals surface area (Å²) >= 11 is 0. The first kappa shape index (κ1) is 12.4. The molecule has 0 fully saturated rings. The van der Waals surface area contributed by atoms with Crippen LogP contribution in [0.1, 0.15) is 11.3 Å². The van der Waals surface area contributed by atoms with Gasteiger partial charge in [-0.05, 0) is 26.0 Å². The van der Waals surface area contributed by atoms with Crippen molar-refractivity contribution in [2.75, 3.05) is 12.4 Å². The SMILES string of the molecule is COc1nc2nc(C)cc(Nc3ccc(C)cc3)n2n1. The summed E-state index contributed by atoms with van der Waals surface area (Å²) in [5.74, 6) is 1.31. The molecule has 3 rings (SSSR count). The molecule has 0 aliphatic rings. The number of aryl methyl sites for hydroxylation is 2. The molecule has 2 aromatic heterocycles.